The van der Waals surface area contributed by atoms with Crippen LogP contribution >= 0.6 is 11.6 Å². The molecule has 2 rings (SSSR count). The van der Waals surface area contributed by atoms with E-state index in [4.69, 9.17) is 11.6 Å². The predicted octanol–water partition coefficient (Wildman–Crippen LogP) is 2.70. The van der Waals surface area contributed by atoms with Gasteiger partial charge in [-0.25, -0.2) is 0 Å². The van der Waals surface area contributed by atoms with Gasteiger partial charge in [0.25, 0.3) is 5.91 Å². The third kappa shape index (κ3) is 3.18. The molecule has 1 fully saturated rings. The molecule has 1 amide bonds. The van der Waals surface area contributed by atoms with Gasteiger partial charge in [-0.1, -0.05) is 6.92 Å². The van der Waals surface area contributed by atoms with Gasteiger partial charge in [0, 0.05) is 12.1 Å². The molecule has 1 aliphatic rings. The average molecular weight is 283 g/mol. The summed E-state index contributed by atoms with van der Waals surface area (Å²) in [6.45, 7) is 2.22. The molecule has 4 nitrogen and oxygen atoms in total. The van der Waals surface area contributed by atoms with Crippen molar-refractivity contribution in [2.24, 2.45) is 5.92 Å². The largest absolute Gasteiger partial charge is 0.505 e. The van der Waals surface area contributed by atoms with E-state index in [0.29, 0.717) is 11.8 Å². The first-order valence-corrected chi connectivity index (χ1v) is 7.11. The van der Waals surface area contributed by atoms with Crippen molar-refractivity contribution in [1.82, 2.24) is 10.3 Å². The van der Waals surface area contributed by atoms with Crippen LogP contribution < -0.4 is 5.32 Å². The summed E-state index contributed by atoms with van der Waals surface area (Å²) in [5, 5.41) is 12.7. The van der Waals surface area contributed by atoms with E-state index in [1.807, 2.05) is 0 Å². The predicted molar refractivity (Wildman–Crippen MR) is 74.5 cm³/mol. The average Bonchev–Trinajstić information content (AvgIpc) is 2.42. The van der Waals surface area contributed by atoms with Crippen LogP contribution in [0.1, 0.15) is 43.0 Å². The van der Waals surface area contributed by atoms with Crippen molar-refractivity contribution in [3.05, 3.63) is 24.0 Å². The van der Waals surface area contributed by atoms with Gasteiger partial charge in [0.05, 0.1) is 17.3 Å². The van der Waals surface area contributed by atoms with Crippen molar-refractivity contribution in [2.75, 3.05) is 5.88 Å². The Bertz CT molecular complexity index is 457. The molecule has 0 atom stereocenters. The Balaban J connectivity index is 2.11. The van der Waals surface area contributed by atoms with E-state index in [1.54, 1.807) is 0 Å². The molecule has 0 spiro atoms. The standard InChI is InChI=1S/C14H19ClN2O2/c1-10-2-5-14(9-15,6-3-10)17-13(19)11-4-7-16-8-12(11)18/h4,7-8,10,18H,2-3,5-6,9H2,1H3,(H,17,19). The molecule has 0 bridgehead atoms. The Morgan fingerprint density at radius 2 is 2.26 bits per heavy atom. The smallest absolute Gasteiger partial charge is 0.255 e. The highest BCUT2D eigenvalue weighted by Gasteiger charge is 2.35. The number of aromatic hydroxyl groups is 1. The lowest BCUT2D eigenvalue weighted by atomic mass is 9.78. The number of aromatic nitrogens is 1. The van der Waals surface area contributed by atoms with Gasteiger partial charge in [-0.2, -0.15) is 0 Å². The Labute approximate surface area is 118 Å². The van der Waals surface area contributed by atoms with Gasteiger partial charge >= 0.3 is 0 Å². The highest BCUT2D eigenvalue weighted by atomic mass is 35.5. The molecule has 19 heavy (non-hydrogen) atoms. The second-order valence-electron chi connectivity index (χ2n) is 5.44. The maximum Gasteiger partial charge on any atom is 0.255 e. The molecule has 0 aromatic carbocycles. The van der Waals surface area contributed by atoms with Crippen LogP contribution in [0.3, 0.4) is 0 Å². The van der Waals surface area contributed by atoms with Crippen molar-refractivity contribution in [1.29, 1.82) is 0 Å². The number of rotatable bonds is 3. The van der Waals surface area contributed by atoms with Crippen LogP contribution in [-0.2, 0) is 0 Å². The molecule has 1 aromatic rings. The molecule has 1 aromatic heterocycles. The van der Waals surface area contributed by atoms with Crippen LogP contribution in [0.25, 0.3) is 0 Å². The summed E-state index contributed by atoms with van der Waals surface area (Å²) in [4.78, 5) is 16.0. The number of pyridine rings is 1. The van der Waals surface area contributed by atoms with E-state index in [9.17, 15) is 9.90 Å². The van der Waals surface area contributed by atoms with Crippen LogP contribution in [-0.4, -0.2) is 27.4 Å². The molecular formula is C14H19ClN2O2. The van der Waals surface area contributed by atoms with Crippen LogP contribution in [0.4, 0.5) is 0 Å². The van der Waals surface area contributed by atoms with Crippen LogP contribution in [0, 0.1) is 5.92 Å². The summed E-state index contributed by atoms with van der Waals surface area (Å²) in [5.74, 6) is 0.698. The van der Waals surface area contributed by atoms with Crippen molar-refractivity contribution < 1.29 is 9.90 Å². The first-order valence-electron chi connectivity index (χ1n) is 6.58. The van der Waals surface area contributed by atoms with Gasteiger partial charge in [0.1, 0.15) is 5.75 Å². The normalized spacial score (nSPS) is 26.9. The Kier molecular flexibility index (Phi) is 4.30. The number of carbonyl (C=O) groups is 1. The molecule has 5 heteroatoms. The summed E-state index contributed by atoms with van der Waals surface area (Å²) >= 11 is 6.07. The molecule has 0 radical (unpaired) electrons. The number of nitrogens with zero attached hydrogens (tertiary/aromatic N) is 1. The summed E-state index contributed by atoms with van der Waals surface area (Å²) in [6, 6.07) is 1.51. The maximum atomic E-state index is 12.2. The minimum atomic E-state index is -0.346. The molecule has 1 heterocycles. The highest BCUT2D eigenvalue weighted by molar-refractivity contribution is 6.19. The van der Waals surface area contributed by atoms with E-state index in [-0.39, 0.29) is 22.8 Å². The fourth-order valence-corrected chi connectivity index (χ4v) is 2.83. The first kappa shape index (κ1) is 14.1. The molecule has 1 saturated carbocycles. The van der Waals surface area contributed by atoms with E-state index in [2.05, 4.69) is 17.2 Å². The van der Waals surface area contributed by atoms with E-state index in [1.165, 1.54) is 18.5 Å². The van der Waals surface area contributed by atoms with Crippen molar-refractivity contribution in [3.63, 3.8) is 0 Å². The van der Waals surface area contributed by atoms with Crippen molar-refractivity contribution in [3.8, 4) is 5.75 Å². The topological polar surface area (TPSA) is 62.2 Å². The summed E-state index contributed by atoms with van der Waals surface area (Å²) in [7, 11) is 0. The molecule has 0 aliphatic heterocycles. The number of amides is 1. The highest BCUT2D eigenvalue weighted by Crippen LogP contribution is 2.33. The fourth-order valence-electron chi connectivity index (χ4n) is 2.49. The van der Waals surface area contributed by atoms with Gasteiger partial charge in [0.15, 0.2) is 0 Å². The summed E-state index contributed by atoms with van der Waals surface area (Å²) in [5.41, 5.74) is -0.0981. The van der Waals surface area contributed by atoms with Gasteiger partial charge in [-0.05, 0) is 37.7 Å². The minimum Gasteiger partial charge on any atom is -0.505 e. The number of carbonyl (C=O) groups excluding carboxylic acids is 1. The zero-order chi connectivity index (χ0) is 13.9. The Morgan fingerprint density at radius 1 is 1.58 bits per heavy atom. The molecule has 1 aliphatic carbocycles. The number of hydrogen-bond donors (Lipinski definition) is 2. The first-order chi connectivity index (χ1) is 9.06. The number of nitrogens with one attached hydrogen (secondary N) is 1. The molecule has 2 N–H and O–H groups in total. The quantitative estimate of drug-likeness (QED) is 0.838. The summed E-state index contributed by atoms with van der Waals surface area (Å²) in [6.07, 6.45) is 6.66. The zero-order valence-electron chi connectivity index (χ0n) is 11.0. The SMILES string of the molecule is CC1CCC(CCl)(NC(=O)c2ccncc2O)CC1. The third-order valence-electron chi connectivity index (χ3n) is 3.91. The van der Waals surface area contributed by atoms with Crippen LogP contribution in [0.5, 0.6) is 5.75 Å². The Morgan fingerprint density at radius 3 is 2.84 bits per heavy atom. The van der Waals surface area contributed by atoms with E-state index < -0.39 is 0 Å². The summed E-state index contributed by atoms with van der Waals surface area (Å²) < 4.78 is 0. The van der Waals surface area contributed by atoms with Gasteiger partial charge < -0.3 is 10.4 Å². The van der Waals surface area contributed by atoms with Crippen molar-refractivity contribution in [2.45, 2.75) is 38.1 Å². The molecule has 0 saturated heterocycles. The van der Waals surface area contributed by atoms with Gasteiger partial charge in [-0.15, -0.1) is 11.6 Å². The van der Waals surface area contributed by atoms with Crippen LogP contribution in [0.2, 0.25) is 0 Å². The van der Waals surface area contributed by atoms with E-state index >= 15 is 0 Å². The zero-order valence-corrected chi connectivity index (χ0v) is 11.8. The van der Waals surface area contributed by atoms with Crippen LogP contribution in [0.15, 0.2) is 18.5 Å². The van der Waals surface area contributed by atoms with Crippen molar-refractivity contribution >= 4 is 17.5 Å². The number of halogens is 1. The molecular weight excluding hydrogens is 264 g/mol. The lowest BCUT2D eigenvalue weighted by molar-refractivity contribution is 0.0869. The monoisotopic (exact) mass is 282 g/mol. The second kappa shape index (κ2) is 5.78. The molecule has 104 valence electrons. The minimum absolute atomic E-state index is 0.103. The number of alkyl halides is 1. The maximum absolute atomic E-state index is 12.2. The number of hydrogen-bond acceptors (Lipinski definition) is 3. The molecule has 0 unspecified atom stereocenters. The second-order valence-corrected chi connectivity index (χ2v) is 5.71. The third-order valence-corrected chi connectivity index (χ3v) is 4.42. The van der Waals surface area contributed by atoms with Gasteiger partial charge in [-0.3, -0.25) is 9.78 Å². The lowest BCUT2D eigenvalue weighted by Gasteiger charge is -2.38. The fraction of sp³-hybridized carbons (Fsp3) is 0.571. The van der Waals surface area contributed by atoms with Gasteiger partial charge in [0.2, 0.25) is 0 Å². The Hall–Kier alpha value is -1.29. The lowest BCUT2D eigenvalue weighted by Crippen LogP contribution is -2.52. The van der Waals surface area contributed by atoms with E-state index in [0.717, 1.165) is 25.7 Å².